The summed E-state index contributed by atoms with van der Waals surface area (Å²) in [4.78, 5) is 23.7. The Kier molecular flexibility index (Phi) is 5.69. The number of anilines is 1. The number of nitrogens with one attached hydrogen (secondary N) is 1. The zero-order valence-corrected chi connectivity index (χ0v) is 16.5. The van der Waals surface area contributed by atoms with Crippen LogP contribution >= 0.6 is 0 Å². The predicted octanol–water partition coefficient (Wildman–Crippen LogP) is 2.75. The first-order chi connectivity index (χ1) is 14.2. The molecule has 7 nitrogen and oxygen atoms in total. The van der Waals surface area contributed by atoms with Gasteiger partial charge < -0.3 is 10.2 Å². The first kappa shape index (κ1) is 19.3. The number of hydrogen-bond donors (Lipinski definition) is 1. The Hall–Kier alpha value is -3.03. The molecule has 2 aromatic heterocycles. The van der Waals surface area contributed by atoms with Crippen LogP contribution in [0.4, 0.5) is 10.2 Å². The molecule has 3 aromatic rings. The van der Waals surface area contributed by atoms with Gasteiger partial charge in [-0.1, -0.05) is 31.5 Å². The van der Waals surface area contributed by atoms with Crippen molar-refractivity contribution in [2.24, 2.45) is 5.92 Å². The molecule has 1 N–H and O–H groups in total. The largest absolute Gasteiger partial charge is 0.356 e. The number of rotatable bonds is 6. The average molecular weight is 396 g/mol. The Morgan fingerprint density at radius 3 is 3.03 bits per heavy atom. The molecule has 0 spiro atoms. The summed E-state index contributed by atoms with van der Waals surface area (Å²) in [6.45, 7) is 3.76. The van der Waals surface area contributed by atoms with E-state index >= 15 is 0 Å². The van der Waals surface area contributed by atoms with Crippen molar-refractivity contribution < 1.29 is 9.18 Å². The van der Waals surface area contributed by atoms with Crippen LogP contribution in [0.2, 0.25) is 0 Å². The summed E-state index contributed by atoms with van der Waals surface area (Å²) in [5, 5.41) is 7.20. The number of hydrogen-bond acceptors (Lipinski definition) is 5. The number of nitrogens with zero attached hydrogens (tertiary/aromatic N) is 5. The van der Waals surface area contributed by atoms with Gasteiger partial charge in [0.2, 0.25) is 5.91 Å². The Labute approximate surface area is 169 Å². The highest BCUT2D eigenvalue weighted by Crippen LogP contribution is 2.24. The Bertz CT molecular complexity index is 1000. The predicted molar refractivity (Wildman–Crippen MR) is 108 cm³/mol. The maximum Gasteiger partial charge on any atom is 0.254 e. The van der Waals surface area contributed by atoms with Crippen molar-refractivity contribution in [3.63, 3.8) is 0 Å². The number of aryl methyl sites for hydroxylation is 1. The van der Waals surface area contributed by atoms with E-state index in [4.69, 9.17) is 0 Å². The highest BCUT2D eigenvalue weighted by Gasteiger charge is 2.27. The van der Waals surface area contributed by atoms with Gasteiger partial charge >= 0.3 is 0 Å². The number of fused-ring (bicyclic) bond motifs is 1. The van der Waals surface area contributed by atoms with Crippen LogP contribution in [0, 0.1) is 11.7 Å². The Balaban J connectivity index is 1.48. The molecule has 0 radical (unpaired) electrons. The molecule has 1 aromatic carbocycles. The molecule has 3 heterocycles. The second-order valence-electron chi connectivity index (χ2n) is 7.42. The molecule has 1 atom stereocenters. The van der Waals surface area contributed by atoms with Gasteiger partial charge in [-0.15, -0.1) is 0 Å². The SMILES string of the molecule is CCCc1cc(N2CCC[C@H](C(=O)NCc3ccccc3F)C2)n2ncnc2n1. The first-order valence-corrected chi connectivity index (χ1v) is 10.1. The lowest BCUT2D eigenvalue weighted by Gasteiger charge is -2.33. The molecule has 0 bridgehead atoms. The zero-order valence-electron chi connectivity index (χ0n) is 16.5. The maximum atomic E-state index is 13.8. The lowest BCUT2D eigenvalue weighted by Crippen LogP contribution is -2.43. The molecule has 0 saturated carbocycles. The molecule has 1 aliphatic rings. The molecule has 1 fully saturated rings. The highest BCUT2D eigenvalue weighted by molar-refractivity contribution is 5.79. The molecule has 0 unspecified atom stereocenters. The minimum Gasteiger partial charge on any atom is -0.356 e. The zero-order chi connectivity index (χ0) is 20.2. The summed E-state index contributed by atoms with van der Waals surface area (Å²) < 4.78 is 15.5. The van der Waals surface area contributed by atoms with E-state index in [1.807, 2.05) is 6.07 Å². The number of carbonyl (C=O) groups is 1. The second kappa shape index (κ2) is 8.55. The molecular weight excluding hydrogens is 371 g/mol. The van der Waals surface area contributed by atoms with Gasteiger partial charge in [0.15, 0.2) is 0 Å². The maximum absolute atomic E-state index is 13.8. The molecule has 1 saturated heterocycles. The van der Waals surface area contributed by atoms with Crippen molar-refractivity contribution in [2.75, 3.05) is 18.0 Å². The van der Waals surface area contributed by atoms with Crippen molar-refractivity contribution >= 4 is 17.5 Å². The van der Waals surface area contributed by atoms with E-state index in [0.717, 1.165) is 43.7 Å². The Morgan fingerprint density at radius 2 is 2.21 bits per heavy atom. The molecule has 0 aliphatic carbocycles. The first-order valence-electron chi connectivity index (χ1n) is 10.1. The van der Waals surface area contributed by atoms with E-state index in [9.17, 15) is 9.18 Å². The van der Waals surface area contributed by atoms with Crippen LogP contribution in [0.25, 0.3) is 5.78 Å². The third-order valence-corrected chi connectivity index (χ3v) is 5.32. The standard InChI is InChI=1S/C21H25FN6O/c1-2-6-17-11-19(28-21(26-17)24-14-25-28)27-10-5-8-16(13-27)20(29)23-12-15-7-3-4-9-18(15)22/h3-4,7,9,11,14,16H,2,5-6,8,10,12-13H2,1H3,(H,23,29)/t16-/m0/s1. The van der Waals surface area contributed by atoms with Crippen LogP contribution in [0.15, 0.2) is 36.7 Å². The number of piperidine rings is 1. The molecule has 1 aliphatic heterocycles. The second-order valence-corrected chi connectivity index (χ2v) is 7.42. The van der Waals surface area contributed by atoms with E-state index in [1.165, 1.54) is 12.4 Å². The number of amides is 1. The lowest BCUT2D eigenvalue weighted by atomic mass is 9.97. The third-order valence-electron chi connectivity index (χ3n) is 5.32. The fourth-order valence-corrected chi connectivity index (χ4v) is 3.82. The summed E-state index contributed by atoms with van der Waals surface area (Å²) in [5.41, 5.74) is 1.48. The summed E-state index contributed by atoms with van der Waals surface area (Å²) >= 11 is 0. The van der Waals surface area contributed by atoms with Crippen molar-refractivity contribution in [1.29, 1.82) is 0 Å². The minimum atomic E-state index is -0.299. The summed E-state index contributed by atoms with van der Waals surface area (Å²) in [7, 11) is 0. The minimum absolute atomic E-state index is 0.0457. The smallest absolute Gasteiger partial charge is 0.254 e. The monoisotopic (exact) mass is 396 g/mol. The van der Waals surface area contributed by atoms with E-state index < -0.39 is 0 Å². The van der Waals surface area contributed by atoms with Gasteiger partial charge in [0.25, 0.3) is 5.78 Å². The van der Waals surface area contributed by atoms with Crippen LogP contribution in [0.5, 0.6) is 0 Å². The van der Waals surface area contributed by atoms with Gasteiger partial charge in [0.1, 0.15) is 18.0 Å². The number of carbonyl (C=O) groups excluding carboxylic acids is 1. The normalized spacial score (nSPS) is 16.9. The summed E-state index contributed by atoms with van der Waals surface area (Å²) in [6.07, 6.45) is 5.09. The highest BCUT2D eigenvalue weighted by atomic mass is 19.1. The van der Waals surface area contributed by atoms with Crippen LogP contribution in [-0.2, 0) is 17.8 Å². The lowest BCUT2D eigenvalue weighted by molar-refractivity contribution is -0.125. The summed E-state index contributed by atoms with van der Waals surface area (Å²) in [5.74, 6) is 0.999. The number of benzene rings is 1. The molecule has 4 rings (SSSR count). The molecule has 8 heteroatoms. The van der Waals surface area contributed by atoms with Crippen molar-refractivity contribution in [3.05, 3.63) is 53.7 Å². The van der Waals surface area contributed by atoms with Gasteiger partial charge in [-0.25, -0.2) is 9.37 Å². The quantitative estimate of drug-likeness (QED) is 0.693. The Morgan fingerprint density at radius 1 is 1.34 bits per heavy atom. The van der Waals surface area contributed by atoms with E-state index in [0.29, 0.717) is 17.9 Å². The molecule has 152 valence electrons. The van der Waals surface area contributed by atoms with E-state index in [-0.39, 0.29) is 24.2 Å². The van der Waals surface area contributed by atoms with Crippen LogP contribution in [-0.4, -0.2) is 38.6 Å². The number of halogens is 1. The third kappa shape index (κ3) is 4.21. The summed E-state index contributed by atoms with van der Waals surface area (Å²) in [6, 6.07) is 8.56. The van der Waals surface area contributed by atoms with Crippen molar-refractivity contribution in [2.45, 2.75) is 39.2 Å². The number of aromatic nitrogens is 4. The fraction of sp³-hybridized carbons (Fsp3) is 0.429. The van der Waals surface area contributed by atoms with E-state index in [1.54, 1.807) is 22.7 Å². The van der Waals surface area contributed by atoms with Gasteiger partial charge in [-0.3, -0.25) is 4.79 Å². The van der Waals surface area contributed by atoms with Crippen molar-refractivity contribution in [3.8, 4) is 0 Å². The van der Waals surface area contributed by atoms with Gasteiger partial charge in [-0.2, -0.15) is 14.6 Å². The topological polar surface area (TPSA) is 75.4 Å². The van der Waals surface area contributed by atoms with Crippen LogP contribution in [0.3, 0.4) is 0 Å². The molecular formula is C21H25FN6O. The fourth-order valence-electron chi connectivity index (χ4n) is 3.82. The van der Waals surface area contributed by atoms with Crippen molar-refractivity contribution in [1.82, 2.24) is 24.9 Å². The molecule has 1 amide bonds. The van der Waals surface area contributed by atoms with Crippen LogP contribution in [0.1, 0.15) is 37.4 Å². The average Bonchev–Trinajstić information content (AvgIpc) is 3.21. The van der Waals surface area contributed by atoms with Crippen LogP contribution < -0.4 is 10.2 Å². The van der Waals surface area contributed by atoms with Gasteiger partial charge in [0, 0.05) is 37.0 Å². The molecule has 29 heavy (non-hydrogen) atoms. The van der Waals surface area contributed by atoms with Gasteiger partial charge in [0.05, 0.1) is 5.92 Å². The van der Waals surface area contributed by atoms with E-state index in [2.05, 4.69) is 32.2 Å². The van der Waals surface area contributed by atoms with Gasteiger partial charge in [-0.05, 0) is 25.3 Å².